The van der Waals surface area contributed by atoms with Crippen molar-refractivity contribution in [2.45, 2.75) is 38.9 Å². The number of Topliss-reactive ketones (excluding diaryl/α,β-unsaturated/α-hetero) is 1. The van der Waals surface area contributed by atoms with Crippen LogP contribution in [0.1, 0.15) is 33.6 Å². The van der Waals surface area contributed by atoms with E-state index in [1.807, 2.05) is 17.8 Å². The SMILES string of the molecule is C=C[C@@H]1C[C@H](C(C)=O)C[C@H]1[C@@H]([CH2-])CSC(C)C.[Ac]. The monoisotopic (exact) mass is 480 g/mol. The van der Waals surface area contributed by atoms with Gasteiger partial charge in [-0.2, -0.15) is 17.7 Å². The van der Waals surface area contributed by atoms with Gasteiger partial charge < -0.3 is 6.92 Å². The van der Waals surface area contributed by atoms with E-state index < -0.39 is 0 Å². The number of carbonyl (C=O) groups is 1. The topological polar surface area (TPSA) is 17.1 Å². The molecule has 1 radical (unpaired) electrons. The Morgan fingerprint density at radius 3 is 2.56 bits per heavy atom. The Hall–Kier alpha value is 1.20. The van der Waals surface area contributed by atoms with Crippen LogP contribution in [-0.4, -0.2) is 16.8 Å². The molecule has 0 aliphatic heterocycles. The van der Waals surface area contributed by atoms with Gasteiger partial charge in [-0.3, -0.25) is 4.79 Å². The molecule has 4 atom stereocenters. The van der Waals surface area contributed by atoms with Crippen LogP contribution in [0.2, 0.25) is 0 Å². The van der Waals surface area contributed by atoms with E-state index in [-0.39, 0.29) is 50.0 Å². The zero-order valence-electron chi connectivity index (χ0n) is 11.9. The Bertz CT molecular complexity index is 278. The molecule has 1 fully saturated rings. The molecule has 1 saturated carbocycles. The number of rotatable bonds is 6. The summed E-state index contributed by atoms with van der Waals surface area (Å²) in [5, 5.41) is 0.659. The Morgan fingerprint density at radius 1 is 1.50 bits per heavy atom. The standard InChI is InChI=1S/C15H25OS.Ac/c1-6-13-7-14(12(5)16)8-15(13)11(4)9-17-10(2)3;/h6,10-11,13-15H,1,4,7-9H2,2-3,5H3;/q-1;/t11-,13+,14-,15-;/m0./s1. The number of hydrogen-bond donors (Lipinski definition) is 0. The Labute approximate surface area is 152 Å². The van der Waals surface area contributed by atoms with Crippen LogP contribution in [0.5, 0.6) is 0 Å². The van der Waals surface area contributed by atoms with E-state index >= 15 is 0 Å². The van der Waals surface area contributed by atoms with Crippen molar-refractivity contribution < 1.29 is 48.9 Å². The van der Waals surface area contributed by atoms with Crippen LogP contribution < -0.4 is 0 Å². The second-order valence-corrected chi connectivity index (χ2v) is 7.09. The fraction of sp³-hybridized carbons (Fsp3) is 0.733. The molecule has 0 aromatic heterocycles. The smallest absolute Gasteiger partial charge is 0.132 e. The average Bonchev–Trinajstić information content (AvgIpc) is 2.69. The molecule has 0 amide bonds. The molecule has 0 N–H and O–H groups in total. The van der Waals surface area contributed by atoms with Crippen LogP contribution >= 0.6 is 11.8 Å². The average molecular weight is 480 g/mol. The normalized spacial score (nSPS) is 28.8. The fourth-order valence-electron chi connectivity index (χ4n) is 2.69. The van der Waals surface area contributed by atoms with Crippen molar-refractivity contribution in [1.82, 2.24) is 0 Å². The minimum absolute atomic E-state index is 0. The van der Waals surface area contributed by atoms with Crippen LogP contribution in [0, 0.1) is 74.7 Å². The van der Waals surface area contributed by atoms with Crippen molar-refractivity contribution in [3.05, 3.63) is 19.6 Å². The molecular weight excluding hydrogens is 455 g/mol. The zero-order valence-corrected chi connectivity index (χ0v) is 17.5. The molecule has 0 aromatic carbocycles. The summed E-state index contributed by atoms with van der Waals surface area (Å²) >= 11 is 1.97. The first-order valence-corrected chi connectivity index (χ1v) is 7.58. The van der Waals surface area contributed by atoms with Crippen LogP contribution in [-0.2, 0) is 4.79 Å². The summed E-state index contributed by atoms with van der Waals surface area (Å²) in [5.74, 6) is 3.15. The number of ketones is 1. The summed E-state index contributed by atoms with van der Waals surface area (Å²) in [5.41, 5.74) is 0. The van der Waals surface area contributed by atoms with Crippen molar-refractivity contribution in [2.75, 3.05) is 5.75 Å². The maximum Gasteiger partial charge on any atom is 0.132 e. The second-order valence-electron chi connectivity index (χ2n) is 5.48. The van der Waals surface area contributed by atoms with Gasteiger partial charge in [0.25, 0.3) is 0 Å². The van der Waals surface area contributed by atoms with Crippen molar-refractivity contribution >= 4 is 17.5 Å². The molecule has 3 heteroatoms. The van der Waals surface area contributed by atoms with Crippen molar-refractivity contribution in [3.8, 4) is 0 Å². The van der Waals surface area contributed by atoms with Gasteiger partial charge in [0.2, 0.25) is 0 Å². The second kappa shape index (κ2) is 9.20. The first-order valence-electron chi connectivity index (χ1n) is 6.53. The van der Waals surface area contributed by atoms with E-state index in [0.717, 1.165) is 18.6 Å². The van der Waals surface area contributed by atoms with Crippen molar-refractivity contribution in [1.29, 1.82) is 0 Å². The summed E-state index contributed by atoms with van der Waals surface area (Å²) < 4.78 is 0. The predicted molar refractivity (Wildman–Crippen MR) is 77.0 cm³/mol. The minimum atomic E-state index is 0. The van der Waals surface area contributed by atoms with Gasteiger partial charge in [0.15, 0.2) is 0 Å². The maximum absolute atomic E-state index is 11.5. The molecule has 0 aromatic rings. The van der Waals surface area contributed by atoms with E-state index in [0.29, 0.717) is 28.8 Å². The molecule has 1 aliphatic rings. The molecule has 18 heavy (non-hydrogen) atoms. The number of carbonyl (C=O) groups excluding carboxylic acids is 1. The molecule has 0 saturated heterocycles. The molecular formula is C15H25AcOS-. The maximum atomic E-state index is 11.5. The molecule has 1 aliphatic carbocycles. The van der Waals surface area contributed by atoms with E-state index in [1.54, 1.807) is 6.92 Å². The van der Waals surface area contributed by atoms with Gasteiger partial charge in [0.1, 0.15) is 5.78 Å². The van der Waals surface area contributed by atoms with Gasteiger partial charge in [-0.15, -0.1) is 6.58 Å². The predicted octanol–water partition coefficient (Wildman–Crippen LogP) is 4.00. The summed E-state index contributed by atoms with van der Waals surface area (Å²) in [4.78, 5) is 11.5. The van der Waals surface area contributed by atoms with E-state index in [9.17, 15) is 4.79 Å². The van der Waals surface area contributed by atoms with Crippen LogP contribution in [0.4, 0.5) is 0 Å². The third kappa shape index (κ3) is 5.68. The van der Waals surface area contributed by atoms with Gasteiger partial charge >= 0.3 is 0 Å². The largest absolute Gasteiger partial charge is 0.339 e. The van der Waals surface area contributed by atoms with Crippen LogP contribution in [0.3, 0.4) is 0 Å². The number of thioether (sulfide) groups is 1. The van der Waals surface area contributed by atoms with E-state index in [4.69, 9.17) is 0 Å². The number of hydrogen-bond acceptors (Lipinski definition) is 2. The minimum Gasteiger partial charge on any atom is -0.339 e. The van der Waals surface area contributed by atoms with Gasteiger partial charge in [-0.25, -0.2) is 0 Å². The number of allylic oxidation sites excluding steroid dienone is 1. The van der Waals surface area contributed by atoms with Crippen molar-refractivity contribution in [3.63, 3.8) is 0 Å². The van der Waals surface area contributed by atoms with E-state index in [2.05, 4.69) is 27.4 Å². The zero-order chi connectivity index (χ0) is 13.0. The Kier molecular flexibility index (Phi) is 9.81. The third-order valence-electron chi connectivity index (χ3n) is 3.79. The molecule has 101 valence electrons. The Balaban J connectivity index is 0.00000289. The fourth-order valence-corrected chi connectivity index (χ4v) is 3.57. The van der Waals surface area contributed by atoms with Gasteiger partial charge in [0, 0.05) is 50.0 Å². The molecule has 0 spiro atoms. The molecule has 0 bridgehead atoms. The van der Waals surface area contributed by atoms with Crippen molar-refractivity contribution in [2.24, 2.45) is 23.7 Å². The quantitative estimate of drug-likeness (QED) is 0.423. The molecule has 0 heterocycles. The summed E-state index contributed by atoms with van der Waals surface area (Å²) in [6.45, 7) is 14.4. The van der Waals surface area contributed by atoms with E-state index in [1.165, 1.54) is 0 Å². The molecule has 1 rings (SSSR count). The van der Waals surface area contributed by atoms with Gasteiger partial charge in [0.05, 0.1) is 0 Å². The first-order chi connectivity index (χ1) is 7.95. The summed E-state index contributed by atoms with van der Waals surface area (Å²) in [6.07, 6.45) is 4.03. The summed E-state index contributed by atoms with van der Waals surface area (Å²) in [7, 11) is 0. The summed E-state index contributed by atoms with van der Waals surface area (Å²) in [6, 6.07) is 0. The molecule has 0 unspecified atom stereocenters. The third-order valence-corrected chi connectivity index (χ3v) is 5.08. The molecule has 1 nitrogen and oxygen atoms in total. The van der Waals surface area contributed by atoms with Gasteiger partial charge in [-0.1, -0.05) is 25.8 Å². The van der Waals surface area contributed by atoms with Crippen LogP contribution in [0.15, 0.2) is 12.7 Å². The first kappa shape index (κ1) is 19.2. The van der Waals surface area contributed by atoms with Gasteiger partial charge in [-0.05, 0) is 36.7 Å². The van der Waals surface area contributed by atoms with Crippen LogP contribution in [0.25, 0.3) is 0 Å². The Morgan fingerprint density at radius 2 is 2.11 bits per heavy atom.